The summed E-state index contributed by atoms with van der Waals surface area (Å²) in [7, 11) is 0. The molecule has 27 heavy (non-hydrogen) atoms. The zero-order valence-electron chi connectivity index (χ0n) is 14.3. The van der Waals surface area contributed by atoms with Gasteiger partial charge in [0.2, 0.25) is 5.91 Å². The predicted octanol–water partition coefficient (Wildman–Crippen LogP) is 2.33. The van der Waals surface area contributed by atoms with E-state index in [0.29, 0.717) is 17.7 Å². The number of para-hydroxylation sites is 1. The topological polar surface area (TPSA) is 104 Å². The molecule has 8 heteroatoms. The molecular formula is C19H16N4O3S. The van der Waals surface area contributed by atoms with Crippen molar-refractivity contribution in [2.75, 3.05) is 6.61 Å². The fourth-order valence-corrected chi connectivity index (χ4v) is 3.23. The lowest BCUT2D eigenvalue weighted by Gasteiger charge is -2.08. The van der Waals surface area contributed by atoms with E-state index in [-0.39, 0.29) is 18.9 Å². The Morgan fingerprint density at radius 1 is 1.07 bits per heavy atom. The summed E-state index contributed by atoms with van der Waals surface area (Å²) in [5.41, 5.74) is 6.09. The van der Waals surface area contributed by atoms with Crippen molar-refractivity contribution in [3.05, 3.63) is 59.1 Å². The van der Waals surface area contributed by atoms with Gasteiger partial charge < -0.3 is 4.74 Å². The number of fused-ring (bicyclic) bond motifs is 1. The van der Waals surface area contributed by atoms with Crippen molar-refractivity contribution in [3.8, 4) is 11.8 Å². The van der Waals surface area contributed by atoms with Crippen molar-refractivity contribution >= 4 is 33.4 Å². The molecule has 0 aliphatic heterocycles. The lowest BCUT2D eigenvalue weighted by Crippen LogP contribution is -2.43. The molecule has 0 atom stereocenters. The molecule has 136 valence electrons. The quantitative estimate of drug-likeness (QED) is 0.639. The molecule has 0 bridgehead atoms. The molecule has 0 unspecified atom stereocenters. The molecule has 0 fully saturated rings. The van der Waals surface area contributed by atoms with Crippen LogP contribution in [0.2, 0.25) is 0 Å². The Bertz CT molecular complexity index is 959. The zero-order valence-corrected chi connectivity index (χ0v) is 15.1. The Kier molecular flexibility index (Phi) is 5.97. The van der Waals surface area contributed by atoms with Crippen LogP contribution in [0, 0.1) is 11.3 Å². The van der Waals surface area contributed by atoms with Crippen molar-refractivity contribution in [3.63, 3.8) is 0 Å². The van der Waals surface area contributed by atoms with Crippen LogP contribution in [-0.4, -0.2) is 23.4 Å². The van der Waals surface area contributed by atoms with Gasteiger partial charge >= 0.3 is 0 Å². The second-order valence-electron chi connectivity index (χ2n) is 5.60. The molecule has 7 nitrogen and oxygen atoms in total. The molecule has 0 saturated heterocycles. The van der Waals surface area contributed by atoms with E-state index >= 15 is 0 Å². The Balaban J connectivity index is 1.37. The van der Waals surface area contributed by atoms with Crippen LogP contribution in [0.1, 0.15) is 17.0 Å². The number of amides is 2. The molecule has 3 rings (SSSR count). The van der Waals surface area contributed by atoms with Gasteiger partial charge in [0.05, 0.1) is 26.9 Å². The fourth-order valence-electron chi connectivity index (χ4n) is 2.26. The van der Waals surface area contributed by atoms with E-state index in [1.807, 2.05) is 30.3 Å². The summed E-state index contributed by atoms with van der Waals surface area (Å²) >= 11 is 1.55. The number of nitrogens with zero attached hydrogens (tertiary/aromatic N) is 2. The first-order chi connectivity index (χ1) is 13.1. The molecule has 2 N–H and O–H groups in total. The first-order valence-electron chi connectivity index (χ1n) is 8.19. The van der Waals surface area contributed by atoms with E-state index in [1.165, 1.54) is 0 Å². The van der Waals surface area contributed by atoms with Gasteiger partial charge in [-0.3, -0.25) is 20.4 Å². The maximum Gasteiger partial charge on any atom is 0.276 e. The summed E-state index contributed by atoms with van der Waals surface area (Å²) in [6.45, 7) is -0.246. The van der Waals surface area contributed by atoms with Crippen LogP contribution in [0.3, 0.4) is 0 Å². The summed E-state index contributed by atoms with van der Waals surface area (Å²) in [5, 5.41) is 9.60. The number of hydrogen-bond acceptors (Lipinski definition) is 6. The average Bonchev–Trinajstić information content (AvgIpc) is 3.12. The molecule has 0 aliphatic rings. The van der Waals surface area contributed by atoms with Crippen LogP contribution in [0.15, 0.2) is 48.5 Å². The Morgan fingerprint density at radius 3 is 2.56 bits per heavy atom. The molecule has 1 aromatic heterocycles. The number of aromatic nitrogens is 1. The van der Waals surface area contributed by atoms with E-state index in [2.05, 4.69) is 15.8 Å². The number of thiazole rings is 1. The highest BCUT2D eigenvalue weighted by Crippen LogP contribution is 2.22. The van der Waals surface area contributed by atoms with E-state index < -0.39 is 5.91 Å². The van der Waals surface area contributed by atoms with Gasteiger partial charge in [0.15, 0.2) is 6.61 Å². The normalized spacial score (nSPS) is 10.2. The van der Waals surface area contributed by atoms with Crippen molar-refractivity contribution in [2.45, 2.75) is 12.8 Å². The molecule has 0 saturated carbocycles. The average molecular weight is 380 g/mol. The third-order valence-electron chi connectivity index (χ3n) is 3.60. The van der Waals surface area contributed by atoms with Gasteiger partial charge in [-0.1, -0.05) is 12.1 Å². The molecule has 0 radical (unpaired) electrons. The zero-order chi connectivity index (χ0) is 19.1. The number of aryl methyl sites for hydroxylation is 1. The first kappa shape index (κ1) is 18.4. The van der Waals surface area contributed by atoms with Crippen LogP contribution >= 0.6 is 11.3 Å². The number of benzene rings is 2. The first-order valence-corrected chi connectivity index (χ1v) is 9.01. The molecule has 2 amide bonds. The van der Waals surface area contributed by atoms with Gasteiger partial charge in [-0.25, -0.2) is 4.98 Å². The lowest BCUT2D eigenvalue weighted by molar-refractivity contribution is -0.130. The van der Waals surface area contributed by atoms with E-state index in [4.69, 9.17) is 10.00 Å². The summed E-state index contributed by atoms with van der Waals surface area (Å²) in [5.74, 6) is -0.319. The fraction of sp³-hybridized carbons (Fsp3) is 0.158. The Labute approximate surface area is 159 Å². The Morgan fingerprint density at radius 2 is 1.81 bits per heavy atom. The second kappa shape index (κ2) is 8.78. The van der Waals surface area contributed by atoms with Crippen molar-refractivity contribution < 1.29 is 14.3 Å². The van der Waals surface area contributed by atoms with Crippen molar-refractivity contribution in [2.24, 2.45) is 0 Å². The minimum absolute atomic E-state index is 0.219. The van der Waals surface area contributed by atoms with Crippen LogP contribution in [0.25, 0.3) is 10.2 Å². The maximum absolute atomic E-state index is 11.9. The Hall–Kier alpha value is -3.44. The number of carbonyl (C=O) groups excluding carboxylic acids is 2. The van der Waals surface area contributed by atoms with E-state index in [9.17, 15) is 9.59 Å². The number of rotatable bonds is 6. The summed E-state index contributed by atoms with van der Waals surface area (Å²) < 4.78 is 6.37. The smallest absolute Gasteiger partial charge is 0.276 e. The van der Waals surface area contributed by atoms with Crippen LogP contribution in [0.4, 0.5) is 0 Å². The number of nitrogens with one attached hydrogen (secondary N) is 2. The predicted molar refractivity (Wildman–Crippen MR) is 101 cm³/mol. The molecule has 1 heterocycles. The van der Waals surface area contributed by atoms with Gasteiger partial charge in [-0.15, -0.1) is 11.3 Å². The van der Waals surface area contributed by atoms with Crippen molar-refractivity contribution in [1.82, 2.24) is 15.8 Å². The summed E-state index contributed by atoms with van der Waals surface area (Å²) in [6, 6.07) is 16.2. The number of hydrogen-bond donors (Lipinski definition) is 2. The summed E-state index contributed by atoms with van der Waals surface area (Å²) in [4.78, 5) is 28.0. The molecular weight excluding hydrogens is 364 g/mol. The number of carbonyl (C=O) groups is 2. The number of hydrazine groups is 1. The van der Waals surface area contributed by atoms with E-state index in [0.717, 1.165) is 15.2 Å². The highest BCUT2D eigenvalue weighted by molar-refractivity contribution is 7.18. The minimum atomic E-state index is -0.479. The lowest BCUT2D eigenvalue weighted by atomic mass is 10.2. The van der Waals surface area contributed by atoms with Gasteiger partial charge in [0.1, 0.15) is 5.75 Å². The second-order valence-corrected chi connectivity index (χ2v) is 6.71. The molecule has 0 spiro atoms. The van der Waals surface area contributed by atoms with Crippen molar-refractivity contribution in [1.29, 1.82) is 5.26 Å². The molecule has 3 aromatic rings. The summed E-state index contributed by atoms with van der Waals surface area (Å²) in [6.07, 6.45) is 0.722. The third kappa shape index (κ3) is 5.26. The van der Waals surface area contributed by atoms with Gasteiger partial charge in [-0.2, -0.15) is 5.26 Å². The molecule has 2 aromatic carbocycles. The van der Waals surface area contributed by atoms with Crippen LogP contribution in [0.5, 0.6) is 5.75 Å². The van der Waals surface area contributed by atoms with Crippen LogP contribution < -0.4 is 15.6 Å². The number of nitriles is 1. The van der Waals surface area contributed by atoms with Gasteiger partial charge in [0, 0.05) is 12.8 Å². The highest BCUT2D eigenvalue weighted by Gasteiger charge is 2.08. The SMILES string of the molecule is N#Cc1ccc(OCC(=O)NNC(=O)CCc2nc3ccccc3s2)cc1. The molecule has 0 aliphatic carbocycles. The van der Waals surface area contributed by atoms with Gasteiger partial charge in [-0.05, 0) is 36.4 Å². The minimum Gasteiger partial charge on any atom is -0.484 e. The number of ether oxygens (including phenoxy) is 1. The maximum atomic E-state index is 11.9. The van der Waals surface area contributed by atoms with Crippen LogP contribution in [-0.2, 0) is 16.0 Å². The van der Waals surface area contributed by atoms with E-state index in [1.54, 1.807) is 35.6 Å². The monoisotopic (exact) mass is 380 g/mol. The van der Waals surface area contributed by atoms with Gasteiger partial charge in [0.25, 0.3) is 5.91 Å². The standard InChI is InChI=1S/C19H16N4O3S/c20-11-13-5-7-14(8-6-13)26-12-18(25)23-22-17(24)9-10-19-21-15-3-1-2-4-16(15)27-19/h1-8H,9-10,12H2,(H,22,24)(H,23,25). The highest BCUT2D eigenvalue weighted by atomic mass is 32.1. The third-order valence-corrected chi connectivity index (χ3v) is 4.69. The largest absolute Gasteiger partial charge is 0.484 e.